The highest BCUT2D eigenvalue weighted by Crippen LogP contribution is 2.11. The quantitative estimate of drug-likeness (QED) is 0.793. The molecular weight excluding hydrogens is 264 g/mol. The lowest BCUT2D eigenvalue weighted by molar-refractivity contribution is -0.139. The van der Waals surface area contributed by atoms with Gasteiger partial charge in [-0.25, -0.2) is 4.98 Å². The molecule has 0 N–H and O–H groups in total. The molecule has 0 atom stereocenters. The Labute approximate surface area is 114 Å². The summed E-state index contributed by atoms with van der Waals surface area (Å²) in [5.74, 6) is -0.315. The summed E-state index contributed by atoms with van der Waals surface area (Å²) in [6, 6.07) is 3.47. The van der Waals surface area contributed by atoms with E-state index in [9.17, 15) is 9.59 Å². The number of carbonyl (C=O) groups excluding carboxylic acids is 1. The Morgan fingerprint density at radius 1 is 1.53 bits per heavy atom. The van der Waals surface area contributed by atoms with Gasteiger partial charge in [-0.15, -0.1) is 11.3 Å². The van der Waals surface area contributed by atoms with Crippen LogP contribution in [0.3, 0.4) is 0 Å². The maximum absolute atomic E-state index is 11.7. The van der Waals surface area contributed by atoms with Crippen molar-refractivity contribution in [1.82, 2.24) is 9.55 Å². The normalized spacial score (nSPS) is 10.4. The van der Waals surface area contributed by atoms with Gasteiger partial charge in [-0.1, -0.05) is 0 Å². The average molecular weight is 278 g/mol. The van der Waals surface area contributed by atoms with Gasteiger partial charge in [-0.3, -0.25) is 9.59 Å². The Hall–Kier alpha value is -1.95. The van der Waals surface area contributed by atoms with Crippen LogP contribution in [0.1, 0.15) is 16.3 Å². The van der Waals surface area contributed by atoms with E-state index >= 15 is 0 Å². The summed E-state index contributed by atoms with van der Waals surface area (Å²) >= 11 is 1.43. The summed E-state index contributed by atoms with van der Waals surface area (Å²) in [7, 11) is 1.35. The van der Waals surface area contributed by atoms with Gasteiger partial charge in [-0.05, 0) is 18.6 Å². The van der Waals surface area contributed by atoms with E-state index in [2.05, 4.69) is 9.72 Å². The molecule has 0 saturated heterocycles. The van der Waals surface area contributed by atoms with Crippen molar-refractivity contribution in [3.63, 3.8) is 0 Å². The van der Waals surface area contributed by atoms with Gasteiger partial charge in [0.2, 0.25) is 0 Å². The second-order valence-electron chi connectivity index (χ2n) is 4.16. The molecule has 2 rings (SSSR count). The molecule has 0 unspecified atom stereocenters. The summed E-state index contributed by atoms with van der Waals surface area (Å²) in [6.07, 6.45) is 1.91. The first-order chi connectivity index (χ1) is 9.08. The van der Waals surface area contributed by atoms with Crippen LogP contribution in [-0.4, -0.2) is 22.6 Å². The largest absolute Gasteiger partial charge is 0.469 e. The van der Waals surface area contributed by atoms with E-state index < -0.39 is 0 Å². The molecule has 5 nitrogen and oxygen atoms in total. The Morgan fingerprint density at radius 3 is 3.00 bits per heavy atom. The van der Waals surface area contributed by atoms with Crippen LogP contribution in [0.4, 0.5) is 0 Å². The van der Waals surface area contributed by atoms with Gasteiger partial charge in [0, 0.05) is 17.6 Å². The number of hydrogen-bond acceptors (Lipinski definition) is 5. The minimum absolute atomic E-state index is 0.0512. The Balaban J connectivity index is 2.11. The number of nitrogens with zero attached hydrogens (tertiary/aromatic N) is 2. The molecule has 0 saturated carbocycles. The standard InChI is InChI=1S/C13H14N2O3S/c1-9-3-4-15(12(16)5-9)7-11-14-10(8-19-11)6-13(17)18-2/h3-5,8H,6-7H2,1-2H3. The highest BCUT2D eigenvalue weighted by molar-refractivity contribution is 7.09. The van der Waals surface area contributed by atoms with Crippen LogP contribution in [0.2, 0.25) is 0 Å². The first-order valence-corrected chi connectivity index (χ1v) is 6.63. The molecule has 0 aliphatic heterocycles. The van der Waals surface area contributed by atoms with E-state index in [1.165, 1.54) is 18.4 Å². The molecule has 0 aliphatic rings. The van der Waals surface area contributed by atoms with E-state index in [-0.39, 0.29) is 17.9 Å². The van der Waals surface area contributed by atoms with Gasteiger partial charge in [-0.2, -0.15) is 0 Å². The molecule has 0 spiro atoms. The third kappa shape index (κ3) is 3.51. The van der Waals surface area contributed by atoms with Crippen molar-refractivity contribution in [3.8, 4) is 0 Å². The predicted octanol–water partition coefficient (Wildman–Crippen LogP) is 1.38. The fourth-order valence-corrected chi connectivity index (χ4v) is 2.40. The van der Waals surface area contributed by atoms with Crippen LogP contribution in [-0.2, 0) is 22.5 Å². The number of carbonyl (C=O) groups is 1. The number of aryl methyl sites for hydroxylation is 1. The minimum atomic E-state index is -0.315. The first kappa shape index (κ1) is 13.5. The number of rotatable bonds is 4. The summed E-state index contributed by atoms with van der Waals surface area (Å²) in [5, 5.41) is 2.61. The third-order valence-corrected chi connectivity index (χ3v) is 3.49. The highest BCUT2D eigenvalue weighted by Gasteiger charge is 2.08. The van der Waals surface area contributed by atoms with Gasteiger partial charge >= 0.3 is 5.97 Å². The molecule has 0 fully saturated rings. The second kappa shape index (κ2) is 5.79. The number of ether oxygens (including phenoxy) is 1. The number of thiazole rings is 1. The van der Waals surface area contributed by atoms with E-state index in [0.29, 0.717) is 12.2 Å². The summed E-state index contributed by atoms with van der Waals surface area (Å²) in [6.45, 7) is 2.30. The number of aromatic nitrogens is 2. The van der Waals surface area contributed by atoms with Gasteiger partial charge in [0.15, 0.2) is 0 Å². The Morgan fingerprint density at radius 2 is 2.32 bits per heavy atom. The van der Waals surface area contributed by atoms with Crippen LogP contribution in [0.25, 0.3) is 0 Å². The predicted molar refractivity (Wildman–Crippen MR) is 72.4 cm³/mol. The molecule has 0 aromatic carbocycles. The minimum Gasteiger partial charge on any atom is -0.469 e. The maximum Gasteiger partial charge on any atom is 0.311 e. The Bertz CT molecular complexity index is 645. The highest BCUT2D eigenvalue weighted by atomic mass is 32.1. The lowest BCUT2D eigenvalue weighted by atomic mass is 10.3. The smallest absolute Gasteiger partial charge is 0.311 e. The Kier molecular flexibility index (Phi) is 4.11. The van der Waals surface area contributed by atoms with Crippen molar-refractivity contribution in [2.24, 2.45) is 0 Å². The topological polar surface area (TPSA) is 61.2 Å². The molecule has 100 valence electrons. The summed E-state index contributed by atoms with van der Waals surface area (Å²) < 4.78 is 6.18. The van der Waals surface area contributed by atoms with Crippen molar-refractivity contribution < 1.29 is 9.53 Å². The second-order valence-corrected chi connectivity index (χ2v) is 5.10. The van der Waals surface area contributed by atoms with Gasteiger partial charge in [0.25, 0.3) is 5.56 Å². The first-order valence-electron chi connectivity index (χ1n) is 5.75. The number of pyridine rings is 1. The van der Waals surface area contributed by atoms with Crippen LogP contribution in [0, 0.1) is 6.92 Å². The molecule has 0 radical (unpaired) electrons. The zero-order valence-corrected chi connectivity index (χ0v) is 11.6. The van der Waals surface area contributed by atoms with Gasteiger partial charge < -0.3 is 9.30 Å². The van der Waals surface area contributed by atoms with Crippen molar-refractivity contribution in [2.75, 3.05) is 7.11 Å². The lowest BCUT2D eigenvalue weighted by Gasteiger charge is -2.02. The molecule has 2 aromatic rings. The van der Waals surface area contributed by atoms with Crippen molar-refractivity contribution in [2.45, 2.75) is 19.9 Å². The number of hydrogen-bond donors (Lipinski definition) is 0. The molecule has 0 aliphatic carbocycles. The van der Waals surface area contributed by atoms with Crippen LogP contribution < -0.4 is 5.56 Å². The molecule has 2 heterocycles. The van der Waals surface area contributed by atoms with E-state index in [4.69, 9.17) is 0 Å². The van der Waals surface area contributed by atoms with Gasteiger partial charge in [0.1, 0.15) is 5.01 Å². The van der Waals surface area contributed by atoms with E-state index in [1.807, 2.05) is 18.4 Å². The zero-order valence-electron chi connectivity index (χ0n) is 10.8. The zero-order chi connectivity index (χ0) is 13.8. The van der Waals surface area contributed by atoms with Crippen molar-refractivity contribution in [1.29, 1.82) is 0 Å². The number of esters is 1. The van der Waals surface area contributed by atoms with E-state index in [0.717, 1.165) is 10.6 Å². The van der Waals surface area contributed by atoms with Crippen LogP contribution >= 0.6 is 11.3 Å². The molecular formula is C13H14N2O3S. The number of methoxy groups -OCH3 is 1. The third-order valence-electron chi connectivity index (χ3n) is 2.61. The fraction of sp³-hybridized carbons (Fsp3) is 0.308. The van der Waals surface area contributed by atoms with Gasteiger partial charge in [0.05, 0.1) is 25.8 Å². The van der Waals surface area contributed by atoms with E-state index in [1.54, 1.807) is 16.8 Å². The van der Waals surface area contributed by atoms with Crippen LogP contribution in [0.5, 0.6) is 0 Å². The van der Waals surface area contributed by atoms with Crippen molar-refractivity contribution >= 4 is 17.3 Å². The SMILES string of the molecule is COC(=O)Cc1csc(Cn2ccc(C)cc2=O)n1. The average Bonchev–Trinajstić information content (AvgIpc) is 2.80. The molecule has 0 bridgehead atoms. The molecule has 19 heavy (non-hydrogen) atoms. The maximum atomic E-state index is 11.7. The molecule has 2 aromatic heterocycles. The molecule has 0 amide bonds. The summed E-state index contributed by atoms with van der Waals surface area (Å²) in [5.41, 5.74) is 1.56. The summed E-state index contributed by atoms with van der Waals surface area (Å²) in [4.78, 5) is 27.2. The molecule has 6 heteroatoms. The van der Waals surface area contributed by atoms with Crippen LogP contribution in [0.15, 0.2) is 28.5 Å². The fourth-order valence-electron chi connectivity index (χ4n) is 1.61. The van der Waals surface area contributed by atoms with Crippen molar-refractivity contribution in [3.05, 3.63) is 50.3 Å². The lowest BCUT2D eigenvalue weighted by Crippen LogP contribution is -2.19. The monoisotopic (exact) mass is 278 g/mol.